The van der Waals surface area contributed by atoms with E-state index in [1.807, 2.05) is 0 Å². The van der Waals surface area contributed by atoms with Crippen molar-refractivity contribution in [1.29, 1.82) is 0 Å². The highest BCUT2D eigenvalue weighted by Gasteiger charge is 2.43. The van der Waals surface area contributed by atoms with Crippen LogP contribution in [0.4, 0.5) is 0 Å². The van der Waals surface area contributed by atoms with Gasteiger partial charge in [-0.05, 0) is 62.8 Å². The third kappa shape index (κ3) is 6.90. The lowest BCUT2D eigenvalue weighted by Gasteiger charge is -2.40. The van der Waals surface area contributed by atoms with Crippen LogP contribution in [-0.2, 0) is 26.7 Å². The van der Waals surface area contributed by atoms with Crippen LogP contribution in [0.25, 0.3) is 0 Å². The highest BCUT2D eigenvalue weighted by atomic mass is 17.2. The van der Waals surface area contributed by atoms with Crippen LogP contribution in [0.5, 0.6) is 5.75 Å². The standard InChI is InChI=1S/C30H32N2O10/c1-2-32-25(34)24(41-27(37)21-9-5-3-6-10-21)23(26(35)36)31-29(32)30(15-13-20(19-33)14-16-30)39-17-18-40-42-28(38)22-11-7-4-8-12-22/h3-12,20,33H,2,13-19H2,1H3,(H,35,36). The van der Waals surface area contributed by atoms with Crippen LogP contribution in [-0.4, -0.2) is 57.5 Å². The molecule has 1 saturated carbocycles. The van der Waals surface area contributed by atoms with Gasteiger partial charge < -0.3 is 19.7 Å². The van der Waals surface area contributed by atoms with Crippen molar-refractivity contribution in [3.05, 3.63) is 93.7 Å². The van der Waals surface area contributed by atoms with Crippen LogP contribution < -0.4 is 10.3 Å². The maximum absolute atomic E-state index is 13.6. The molecule has 42 heavy (non-hydrogen) atoms. The van der Waals surface area contributed by atoms with Crippen molar-refractivity contribution in [3.8, 4) is 5.75 Å². The van der Waals surface area contributed by atoms with E-state index < -0.39 is 40.5 Å². The van der Waals surface area contributed by atoms with Crippen molar-refractivity contribution in [3.63, 3.8) is 0 Å². The number of carbonyl (C=O) groups is 3. The number of benzene rings is 2. The summed E-state index contributed by atoms with van der Waals surface area (Å²) in [5, 5.41) is 19.7. The van der Waals surface area contributed by atoms with E-state index in [9.17, 15) is 29.4 Å². The molecule has 0 spiro atoms. The quantitative estimate of drug-likeness (QED) is 0.140. The second-order valence-electron chi connectivity index (χ2n) is 9.75. The Labute approximate surface area is 241 Å². The van der Waals surface area contributed by atoms with Gasteiger partial charge in [0.25, 0.3) is 5.56 Å². The minimum Gasteiger partial charge on any atom is -0.476 e. The Balaban J connectivity index is 1.61. The lowest BCUT2D eigenvalue weighted by molar-refractivity contribution is -0.255. The average molecular weight is 581 g/mol. The summed E-state index contributed by atoms with van der Waals surface area (Å²) in [6.07, 6.45) is 1.67. The molecule has 222 valence electrons. The molecule has 3 aromatic rings. The van der Waals surface area contributed by atoms with Crippen LogP contribution in [0.1, 0.15) is 69.6 Å². The van der Waals surface area contributed by atoms with Gasteiger partial charge in [-0.2, -0.15) is 4.89 Å². The fourth-order valence-corrected chi connectivity index (χ4v) is 4.89. The van der Waals surface area contributed by atoms with E-state index in [-0.39, 0.29) is 43.7 Å². The summed E-state index contributed by atoms with van der Waals surface area (Å²) < 4.78 is 12.8. The molecule has 0 saturated heterocycles. The number of aliphatic hydroxyl groups is 1. The number of aliphatic hydroxyl groups excluding tert-OH is 1. The molecule has 0 aliphatic heterocycles. The monoisotopic (exact) mass is 580 g/mol. The van der Waals surface area contributed by atoms with E-state index in [0.29, 0.717) is 31.2 Å². The molecular formula is C30H32N2O10. The van der Waals surface area contributed by atoms with Gasteiger partial charge in [-0.15, -0.1) is 0 Å². The summed E-state index contributed by atoms with van der Waals surface area (Å²) in [4.78, 5) is 65.0. The summed E-state index contributed by atoms with van der Waals surface area (Å²) in [5.41, 5.74) is -2.34. The first kappa shape index (κ1) is 30.6. The number of carboxylic acid groups (broad SMARTS) is 1. The van der Waals surface area contributed by atoms with Gasteiger partial charge >= 0.3 is 17.9 Å². The third-order valence-corrected chi connectivity index (χ3v) is 7.12. The Morgan fingerprint density at radius 1 is 0.952 bits per heavy atom. The number of hydrogen-bond acceptors (Lipinski definition) is 10. The van der Waals surface area contributed by atoms with Gasteiger partial charge in [-0.3, -0.25) is 14.2 Å². The lowest BCUT2D eigenvalue weighted by Crippen LogP contribution is -2.43. The minimum atomic E-state index is -1.55. The SMILES string of the molecule is CCn1c(C2(OCCOOC(=O)c3ccccc3)CCC(CO)CC2)nc(C(=O)O)c(OC(=O)c2ccccc2)c1=O. The largest absolute Gasteiger partial charge is 0.476 e. The maximum Gasteiger partial charge on any atom is 0.373 e. The molecule has 12 nitrogen and oxygen atoms in total. The van der Waals surface area contributed by atoms with Gasteiger partial charge in [0.2, 0.25) is 5.75 Å². The van der Waals surface area contributed by atoms with Crippen LogP contribution in [0.3, 0.4) is 0 Å². The molecule has 0 amide bonds. The number of carboxylic acids is 1. The average Bonchev–Trinajstić information content (AvgIpc) is 3.02. The molecule has 1 fully saturated rings. The van der Waals surface area contributed by atoms with Gasteiger partial charge in [0.15, 0.2) is 5.69 Å². The van der Waals surface area contributed by atoms with E-state index in [1.165, 1.54) is 16.7 Å². The zero-order valence-electron chi connectivity index (χ0n) is 23.1. The van der Waals surface area contributed by atoms with Crippen molar-refractivity contribution >= 4 is 17.9 Å². The fraction of sp³-hybridized carbons (Fsp3) is 0.367. The minimum absolute atomic E-state index is 0.00311. The summed E-state index contributed by atoms with van der Waals surface area (Å²) in [6.45, 7) is 1.49. The highest BCUT2D eigenvalue weighted by molar-refractivity contribution is 5.94. The number of esters is 1. The molecule has 1 heterocycles. The van der Waals surface area contributed by atoms with E-state index in [4.69, 9.17) is 19.2 Å². The molecule has 0 radical (unpaired) electrons. The third-order valence-electron chi connectivity index (χ3n) is 7.12. The van der Waals surface area contributed by atoms with Crippen molar-refractivity contribution < 1.29 is 43.8 Å². The van der Waals surface area contributed by atoms with Gasteiger partial charge in [-0.1, -0.05) is 36.4 Å². The molecule has 2 N–H and O–H groups in total. The Hall–Kier alpha value is -4.39. The number of carbonyl (C=O) groups excluding carboxylic acids is 2. The van der Waals surface area contributed by atoms with E-state index in [1.54, 1.807) is 55.5 Å². The highest BCUT2D eigenvalue weighted by Crippen LogP contribution is 2.42. The molecule has 12 heteroatoms. The Morgan fingerprint density at radius 2 is 1.55 bits per heavy atom. The van der Waals surface area contributed by atoms with E-state index >= 15 is 0 Å². The summed E-state index contributed by atoms with van der Waals surface area (Å²) in [6, 6.07) is 16.2. The predicted octanol–water partition coefficient (Wildman–Crippen LogP) is 3.36. The van der Waals surface area contributed by atoms with Gasteiger partial charge in [0.05, 0.1) is 17.7 Å². The van der Waals surface area contributed by atoms with Crippen molar-refractivity contribution in [2.45, 2.75) is 44.8 Å². The zero-order valence-corrected chi connectivity index (χ0v) is 23.1. The maximum atomic E-state index is 13.6. The lowest BCUT2D eigenvalue weighted by atomic mass is 9.78. The molecule has 1 aliphatic carbocycles. The second kappa shape index (κ2) is 14.0. The Morgan fingerprint density at radius 3 is 2.10 bits per heavy atom. The molecule has 1 aliphatic rings. The van der Waals surface area contributed by atoms with Crippen LogP contribution in [0, 0.1) is 5.92 Å². The molecule has 0 bridgehead atoms. The summed E-state index contributed by atoms with van der Waals surface area (Å²) >= 11 is 0. The van der Waals surface area contributed by atoms with Crippen LogP contribution >= 0.6 is 0 Å². The number of ether oxygens (including phenoxy) is 2. The fourth-order valence-electron chi connectivity index (χ4n) is 4.89. The topological polar surface area (TPSA) is 163 Å². The summed E-state index contributed by atoms with van der Waals surface area (Å²) in [7, 11) is 0. The van der Waals surface area contributed by atoms with Crippen molar-refractivity contribution in [1.82, 2.24) is 9.55 Å². The van der Waals surface area contributed by atoms with Gasteiger partial charge in [0, 0.05) is 13.2 Å². The summed E-state index contributed by atoms with van der Waals surface area (Å²) in [5.74, 6) is -3.77. The molecule has 1 aromatic heterocycles. The number of aromatic nitrogens is 2. The first-order valence-electron chi connectivity index (χ1n) is 13.6. The van der Waals surface area contributed by atoms with E-state index in [0.717, 1.165) is 0 Å². The molecule has 4 rings (SSSR count). The molecular weight excluding hydrogens is 548 g/mol. The molecule has 0 atom stereocenters. The smallest absolute Gasteiger partial charge is 0.373 e. The first-order valence-corrected chi connectivity index (χ1v) is 13.6. The van der Waals surface area contributed by atoms with Crippen LogP contribution in [0.2, 0.25) is 0 Å². The van der Waals surface area contributed by atoms with Crippen molar-refractivity contribution in [2.24, 2.45) is 5.92 Å². The Kier molecular flexibility index (Phi) is 10.2. The molecule has 2 aromatic carbocycles. The van der Waals surface area contributed by atoms with Gasteiger partial charge in [-0.25, -0.2) is 19.4 Å². The Bertz CT molecular complexity index is 1450. The van der Waals surface area contributed by atoms with Crippen LogP contribution in [0.15, 0.2) is 65.5 Å². The van der Waals surface area contributed by atoms with Gasteiger partial charge in [0.1, 0.15) is 18.0 Å². The number of rotatable bonds is 12. The predicted molar refractivity (Wildman–Crippen MR) is 147 cm³/mol. The second-order valence-corrected chi connectivity index (χ2v) is 9.75. The van der Waals surface area contributed by atoms with Crippen molar-refractivity contribution in [2.75, 3.05) is 19.8 Å². The van der Waals surface area contributed by atoms with E-state index in [2.05, 4.69) is 4.98 Å². The number of aromatic carboxylic acids is 1. The molecule has 0 unspecified atom stereocenters. The normalized spacial score (nSPS) is 18.3. The zero-order chi connectivity index (χ0) is 30.1. The number of hydrogen-bond donors (Lipinski definition) is 2. The number of nitrogens with zero attached hydrogens (tertiary/aromatic N) is 2. The first-order chi connectivity index (χ1) is 20.3.